The Morgan fingerprint density at radius 2 is 2.00 bits per heavy atom. The van der Waals surface area contributed by atoms with E-state index in [4.69, 9.17) is 0 Å². The van der Waals surface area contributed by atoms with Gasteiger partial charge >= 0.3 is 5.82 Å². The van der Waals surface area contributed by atoms with Crippen molar-refractivity contribution in [1.82, 2.24) is 19.6 Å². The first-order chi connectivity index (χ1) is 14.9. The second-order valence-electron chi connectivity index (χ2n) is 7.54. The third kappa shape index (κ3) is 4.45. The molecule has 0 aliphatic rings. The van der Waals surface area contributed by atoms with Gasteiger partial charge in [-0.2, -0.15) is 9.78 Å². The van der Waals surface area contributed by atoms with Gasteiger partial charge in [-0.1, -0.05) is 49.4 Å². The molecule has 158 valence electrons. The molecular formula is C22H22N6O3. The topological polar surface area (TPSA) is 108 Å². The Labute approximate surface area is 178 Å². The summed E-state index contributed by atoms with van der Waals surface area (Å²) in [6.07, 6.45) is 3.40. The van der Waals surface area contributed by atoms with Crippen LogP contribution in [-0.2, 0) is 17.9 Å². The predicted octanol–water partition coefficient (Wildman–Crippen LogP) is 3.77. The van der Waals surface area contributed by atoms with Crippen LogP contribution in [0.5, 0.6) is 0 Å². The number of aryl methyl sites for hydroxylation is 1. The first-order valence-corrected chi connectivity index (χ1v) is 9.89. The quantitative estimate of drug-likeness (QED) is 0.363. The van der Waals surface area contributed by atoms with Gasteiger partial charge in [0.15, 0.2) is 0 Å². The number of nitrogens with zero attached hydrogens (tertiary/aromatic N) is 5. The van der Waals surface area contributed by atoms with Gasteiger partial charge in [0.05, 0.1) is 47.8 Å². The molecule has 1 N–H and O–H groups in total. The van der Waals surface area contributed by atoms with Crippen molar-refractivity contribution in [3.05, 3.63) is 82.3 Å². The van der Waals surface area contributed by atoms with E-state index in [2.05, 4.69) is 39.8 Å². The normalized spacial score (nSPS) is 12.1. The summed E-state index contributed by atoms with van der Waals surface area (Å²) < 4.78 is 3.26. The number of hydrogen-bond donors (Lipinski definition) is 1. The number of anilines is 1. The molecule has 0 aliphatic heterocycles. The zero-order valence-electron chi connectivity index (χ0n) is 17.2. The Morgan fingerprint density at radius 1 is 1.23 bits per heavy atom. The Balaban J connectivity index is 1.41. The van der Waals surface area contributed by atoms with Crippen LogP contribution in [0.15, 0.2) is 60.9 Å². The number of amides is 1. The fraction of sp³-hybridized carbons (Fsp3) is 0.227. The van der Waals surface area contributed by atoms with Crippen molar-refractivity contribution < 1.29 is 9.72 Å². The number of fused-ring (bicyclic) bond motifs is 1. The van der Waals surface area contributed by atoms with E-state index >= 15 is 0 Å². The zero-order chi connectivity index (χ0) is 22.0. The summed E-state index contributed by atoms with van der Waals surface area (Å²) in [5.74, 6) is -0.860. The summed E-state index contributed by atoms with van der Waals surface area (Å²) in [6.45, 7) is 4.31. The van der Waals surface area contributed by atoms with Gasteiger partial charge in [-0.15, -0.1) is 0 Å². The SMILES string of the molecule is Cc1cc([N+](=O)[O-])nn1CC(C)C(=O)Nc1cnn(Cc2cccc3ccccc23)c1. The van der Waals surface area contributed by atoms with Gasteiger partial charge in [-0.05, 0) is 28.2 Å². The zero-order valence-corrected chi connectivity index (χ0v) is 17.2. The first-order valence-electron chi connectivity index (χ1n) is 9.89. The molecule has 2 heterocycles. The van der Waals surface area contributed by atoms with E-state index in [0.717, 1.165) is 5.56 Å². The van der Waals surface area contributed by atoms with Crippen LogP contribution >= 0.6 is 0 Å². The minimum absolute atomic E-state index is 0.206. The molecule has 0 spiro atoms. The maximum Gasteiger partial charge on any atom is 0.390 e. The van der Waals surface area contributed by atoms with Crippen LogP contribution in [0.4, 0.5) is 11.5 Å². The Morgan fingerprint density at radius 3 is 2.77 bits per heavy atom. The Kier molecular flexibility index (Phi) is 5.48. The first kappa shape index (κ1) is 20.3. The molecule has 4 rings (SSSR count). The maximum atomic E-state index is 12.6. The smallest absolute Gasteiger partial charge is 0.358 e. The highest BCUT2D eigenvalue weighted by Crippen LogP contribution is 2.20. The highest BCUT2D eigenvalue weighted by molar-refractivity contribution is 5.92. The molecule has 1 unspecified atom stereocenters. The molecule has 0 radical (unpaired) electrons. The minimum atomic E-state index is -0.543. The number of carbonyl (C=O) groups is 1. The molecule has 9 heteroatoms. The molecule has 4 aromatic rings. The number of carbonyl (C=O) groups excluding carboxylic acids is 1. The molecule has 0 saturated carbocycles. The second-order valence-corrected chi connectivity index (χ2v) is 7.54. The van der Waals surface area contributed by atoms with Gasteiger partial charge in [0.25, 0.3) is 0 Å². The molecule has 0 aliphatic carbocycles. The van der Waals surface area contributed by atoms with Gasteiger partial charge in [-0.25, -0.2) is 0 Å². The Bertz CT molecular complexity index is 1250. The van der Waals surface area contributed by atoms with E-state index in [1.807, 2.05) is 18.2 Å². The molecule has 2 aromatic heterocycles. The lowest BCUT2D eigenvalue weighted by molar-refractivity contribution is -0.389. The fourth-order valence-corrected chi connectivity index (χ4v) is 3.49. The van der Waals surface area contributed by atoms with Crippen LogP contribution in [-0.4, -0.2) is 30.4 Å². The third-order valence-corrected chi connectivity index (χ3v) is 5.16. The molecule has 0 saturated heterocycles. The Hall–Kier alpha value is -4.01. The van der Waals surface area contributed by atoms with E-state index in [-0.39, 0.29) is 18.3 Å². The van der Waals surface area contributed by atoms with Crippen LogP contribution in [0.25, 0.3) is 10.8 Å². The van der Waals surface area contributed by atoms with Crippen LogP contribution in [0.3, 0.4) is 0 Å². The number of nitrogens with one attached hydrogen (secondary N) is 1. The highest BCUT2D eigenvalue weighted by Gasteiger charge is 2.21. The largest absolute Gasteiger partial charge is 0.390 e. The molecule has 1 atom stereocenters. The van der Waals surface area contributed by atoms with Crippen LogP contribution in [0.1, 0.15) is 18.2 Å². The van der Waals surface area contributed by atoms with E-state index in [1.54, 1.807) is 30.9 Å². The van der Waals surface area contributed by atoms with Gasteiger partial charge in [0.2, 0.25) is 5.91 Å². The minimum Gasteiger partial charge on any atom is -0.358 e. The molecule has 9 nitrogen and oxygen atoms in total. The van der Waals surface area contributed by atoms with Crippen molar-refractivity contribution in [2.75, 3.05) is 5.32 Å². The van der Waals surface area contributed by atoms with Gasteiger partial charge in [0, 0.05) is 6.20 Å². The standard InChI is InChI=1S/C22H22N6O3/c1-15(12-27-16(2)10-21(25-27)28(30)31)22(29)24-19-11-23-26(14-19)13-18-8-5-7-17-6-3-4-9-20(17)18/h3-11,14-15H,12-13H2,1-2H3,(H,24,29). The molecule has 1 amide bonds. The van der Waals surface area contributed by atoms with Crippen molar-refractivity contribution in [3.8, 4) is 0 Å². The average Bonchev–Trinajstić information content (AvgIpc) is 3.34. The number of aromatic nitrogens is 4. The molecule has 31 heavy (non-hydrogen) atoms. The lowest BCUT2D eigenvalue weighted by Gasteiger charge is -2.10. The van der Waals surface area contributed by atoms with Gasteiger partial charge in [-0.3, -0.25) is 9.48 Å². The summed E-state index contributed by atoms with van der Waals surface area (Å²) in [5, 5.41) is 24.4. The molecule has 0 bridgehead atoms. The van der Waals surface area contributed by atoms with E-state index in [1.165, 1.54) is 21.5 Å². The summed E-state index contributed by atoms with van der Waals surface area (Å²) >= 11 is 0. The summed E-state index contributed by atoms with van der Waals surface area (Å²) in [5.41, 5.74) is 2.37. The van der Waals surface area contributed by atoms with E-state index in [9.17, 15) is 14.9 Å². The predicted molar refractivity (Wildman–Crippen MR) is 117 cm³/mol. The summed E-state index contributed by atoms with van der Waals surface area (Å²) in [7, 11) is 0. The molecule has 2 aromatic carbocycles. The van der Waals surface area contributed by atoms with Crippen LogP contribution < -0.4 is 5.32 Å². The van der Waals surface area contributed by atoms with Gasteiger partial charge in [0.1, 0.15) is 0 Å². The lowest BCUT2D eigenvalue weighted by atomic mass is 10.0. The number of hydrogen-bond acceptors (Lipinski definition) is 5. The number of benzene rings is 2. The fourth-order valence-electron chi connectivity index (χ4n) is 3.49. The maximum absolute atomic E-state index is 12.6. The summed E-state index contributed by atoms with van der Waals surface area (Å²) in [4.78, 5) is 22.9. The van der Waals surface area contributed by atoms with Crippen molar-refractivity contribution in [2.45, 2.75) is 26.9 Å². The summed E-state index contributed by atoms with van der Waals surface area (Å²) in [6, 6.07) is 15.7. The van der Waals surface area contributed by atoms with Crippen molar-refractivity contribution in [3.63, 3.8) is 0 Å². The molecular weight excluding hydrogens is 396 g/mol. The van der Waals surface area contributed by atoms with Gasteiger partial charge < -0.3 is 15.4 Å². The number of rotatable bonds is 7. The average molecular weight is 418 g/mol. The monoisotopic (exact) mass is 418 g/mol. The third-order valence-electron chi connectivity index (χ3n) is 5.16. The second kappa shape index (κ2) is 8.39. The van der Waals surface area contributed by atoms with Crippen molar-refractivity contribution in [1.29, 1.82) is 0 Å². The van der Waals surface area contributed by atoms with Crippen molar-refractivity contribution >= 4 is 28.2 Å². The van der Waals surface area contributed by atoms with E-state index < -0.39 is 10.8 Å². The van der Waals surface area contributed by atoms with Crippen LogP contribution in [0, 0.1) is 23.0 Å². The molecule has 0 fully saturated rings. The highest BCUT2D eigenvalue weighted by atomic mass is 16.6. The van der Waals surface area contributed by atoms with E-state index in [0.29, 0.717) is 17.9 Å². The lowest BCUT2D eigenvalue weighted by Crippen LogP contribution is -2.25. The number of nitro groups is 1. The van der Waals surface area contributed by atoms with Crippen LogP contribution in [0.2, 0.25) is 0 Å². The van der Waals surface area contributed by atoms with Crippen molar-refractivity contribution in [2.24, 2.45) is 5.92 Å².